The summed E-state index contributed by atoms with van der Waals surface area (Å²) in [6, 6.07) is 48.9. The maximum absolute atomic E-state index is 5.29. The lowest BCUT2D eigenvalue weighted by molar-refractivity contribution is 1.20. The molecule has 0 bridgehead atoms. The number of aromatic nitrogens is 3. The van der Waals surface area contributed by atoms with Crippen LogP contribution in [0.15, 0.2) is 140 Å². The van der Waals surface area contributed by atoms with E-state index in [1.165, 1.54) is 31.1 Å². The first-order valence-electron chi connectivity index (χ1n) is 14.4. The molecule has 3 nitrogen and oxygen atoms in total. The van der Waals surface area contributed by atoms with Crippen molar-refractivity contribution in [1.29, 1.82) is 0 Å². The fourth-order valence-corrected chi connectivity index (χ4v) is 7.53. The van der Waals surface area contributed by atoms with Crippen molar-refractivity contribution in [2.45, 2.75) is 0 Å². The lowest BCUT2D eigenvalue weighted by atomic mass is 9.99. The SMILES string of the molecule is c1ccc(-c2cccc(-c3nc(-c4nc5ccccc5c5c4ccc4c6ccccc6sc45)nc4ccccc34)c2)cc1. The Morgan fingerprint density at radius 2 is 1.05 bits per heavy atom. The van der Waals surface area contributed by atoms with Crippen LogP contribution in [0.2, 0.25) is 0 Å². The van der Waals surface area contributed by atoms with Gasteiger partial charge in [0.2, 0.25) is 0 Å². The highest BCUT2D eigenvalue weighted by Crippen LogP contribution is 2.43. The maximum atomic E-state index is 5.29. The Hall–Kier alpha value is -5.45. The number of hydrogen-bond acceptors (Lipinski definition) is 4. The molecular weight excluding hydrogens is 543 g/mol. The fraction of sp³-hybridized carbons (Fsp3) is 0. The molecule has 0 spiro atoms. The average molecular weight is 566 g/mol. The van der Waals surface area contributed by atoms with Crippen molar-refractivity contribution in [2.75, 3.05) is 0 Å². The van der Waals surface area contributed by atoms with Crippen molar-refractivity contribution in [3.8, 4) is 33.9 Å². The van der Waals surface area contributed by atoms with E-state index in [4.69, 9.17) is 15.0 Å². The zero-order valence-corrected chi connectivity index (χ0v) is 23.8. The van der Waals surface area contributed by atoms with Crippen molar-refractivity contribution >= 4 is 64.1 Å². The standard InChI is InChI=1S/C39H23N3S/c1-2-11-24(12-3-1)25-13-10-14-26(23-25)36-30-17-5-8-19-33(30)41-39(42-36)37-31-22-21-28-27-15-6-9-20-34(27)43-38(28)35(31)29-16-4-7-18-32(29)40-37/h1-23H. The third-order valence-electron chi connectivity index (χ3n) is 8.27. The van der Waals surface area contributed by atoms with Gasteiger partial charge in [-0.05, 0) is 35.4 Å². The fourth-order valence-electron chi connectivity index (χ4n) is 6.27. The number of hydrogen-bond donors (Lipinski definition) is 0. The summed E-state index contributed by atoms with van der Waals surface area (Å²) in [5.41, 5.74) is 6.95. The van der Waals surface area contributed by atoms with Gasteiger partial charge < -0.3 is 0 Å². The molecule has 4 heteroatoms. The summed E-state index contributed by atoms with van der Waals surface area (Å²) >= 11 is 1.84. The molecule has 3 heterocycles. The van der Waals surface area contributed by atoms with Gasteiger partial charge in [0.05, 0.1) is 16.7 Å². The van der Waals surface area contributed by atoms with E-state index in [2.05, 4.69) is 127 Å². The molecule has 3 aromatic heterocycles. The van der Waals surface area contributed by atoms with E-state index in [0.29, 0.717) is 5.82 Å². The highest BCUT2D eigenvalue weighted by molar-refractivity contribution is 7.26. The predicted molar refractivity (Wildman–Crippen MR) is 182 cm³/mol. The molecule has 0 atom stereocenters. The van der Waals surface area contributed by atoms with Crippen LogP contribution in [0.1, 0.15) is 0 Å². The Morgan fingerprint density at radius 3 is 1.91 bits per heavy atom. The number of thiophene rings is 1. The Balaban J connectivity index is 1.35. The van der Waals surface area contributed by atoms with E-state index in [1.807, 2.05) is 23.5 Å². The van der Waals surface area contributed by atoms with Gasteiger partial charge in [-0.2, -0.15) is 0 Å². The Labute approximate surface area is 251 Å². The number of rotatable bonds is 3. The Bertz CT molecular complexity index is 2510. The largest absolute Gasteiger partial charge is 0.244 e. The molecule has 0 amide bonds. The highest BCUT2D eigenvalue weighted by Gasteiger charge is 2.19. The lowest BCUT2D eigenvalue weighted by Gasteiger charge is -2.13. The maximum Gasteiger partial charge on any atom is 0.179 e. The van der Waals surface area contributed by atoms with Crippen LogP contribution in [0.25, 0.3) is 86.7 Å². The minimum Gasteiger partial charge on any atom is -0.244 e. The molecule has 0 radical (unpaired) electrons. The molecule has 0 aliphatic carbocycles. The van der Waals surface area contributed by atoms with Crippen molar-refractivity contribution < 1.29 is 0 Å². The lowest BCUT2D eigenvalue weighted by Crippen LogP contribution is -1.98. The molecule has 0 aliphatic heterocycles. The molecule has 0 saturated heterocycles. The minimum atomic E-state index is 0.634. The van der Waals surface area contributed by atoms with Gasteiger partial charge in [0.1, 0.15) is 5.69 Å². The average Bonchev–Trinajstić information content (AvgIpc) is 3.47. The van der Waals surface area contributed by atoms with Crippen LogP contribution in [0.3, 0.4) is 0 Å². The first-order chi connectivity index (χ1) is 21.3. The Kier molecular flexibility index (Phi) is 5.37. The third-order valence-corrected chi connectivity index (χ3v) is 9.47. The van der Waals surface area contributed by atoms with Crippen molar-refractivity contribution in [3.05, 3.63) is 140 Å². The Morgan fingerprint density at radius 1 is 0.395 bits per heavy atom. The zero-order valence-electron chi connectivity index (χ0n) is 23.0. The van der Waals surface area contributed by atoms with Crippen molar-refractivity contribution in [2.24, 2.45) is 0 Å². The summed E-state index contributed by atoms with van der Waals surface area (Å²) in [6.45, 7) is 0. The van der Waals surface area contributed by atoms with E-state index in [9.17, 15) is 0 Å². The van der Waals surface area contributed by atoms with Gasteiger partial charge in [0, 0.05) is 47.3 Å². The van der Waals surface area contributed by atoms with E-state index < -0.39 is 0 Å². The van der Waals surface area contributed by atoms with Crippen LogP contribution in [0.4, 0.5) is 0 Å². The molecule has 0 saturated carbocycles. The normalized spacial score (nSPS) is 11.7. The number of pyridine rings is 1. The zero-order chi connectivity index (χ0) is 28.3. The van der Waals surface area contributed by atoms with Gasteiger partial charge in [-0.1, -0.05) is 115 Å². The predicted octanol–water partition coefficient (Wildman–Crippen LogP) is 10.7. The van der Waals surface area contributed by atoms with Crippen LogP contribution >= 0.6 is 11.3 Å². The minimum absolute atomic E-state index is 0.634. The van der Waals surface area contributed by atoms with Crippen molar-refractivity contribution in [3.63, 3.8) is 0 Å². The number of fused-ring (bicyclic) bond motifs is 8. The quantitative estimate of drug-likeness (QED) is 0.200. The summed E-state index contributed by atoms with van der Waals surface area (Å²) in [5, 5.41) is 7.01. The molecule has 0 N–H and O–H groups in total. The highest BCUT2D eigenvalue weighted by atomic mass is 32.1. The third kappa shape index (κ3) is 3.84. The summed E-state index contributed by atoms with van der Waals surface area (Å²) in [7, 11) is 0. The first-order valence-corrected chi connectivity index (χ1v) is 15.2. The second kappa shape index (κ2) is 9.55. The van der Waals surface area contributed by atoms with Gasteiger partial charge in [-0.3, -0.25) is 0 Å². The molecule has 43 heavy (non-hydrogen) atoms. The monoisotopic (exact) mass is 565 g/mol. The molecule has 9 rings (SSSR count). The van der Waals surface area contributed by atoms with Crippen LogP contribution in [0.5, 0.6) is 0 Å². The topological polar surface area (TPSA) is 38.7 Å². The summed E-state index contributed by atoms with van der Waals surface area (Å²) < 4.78 is 2.56. The number of para-hydroxylation sites is 2. The van der Waals surface area contributed by atoms with Crippen LogP contribution in [-0.4, -0.2) is 15.0 Å². The molecule has 0 unspecified atom stereocenters. The second-order valence-corrected chi connectivity index (χ2v) is 11.9. The molecule has 0 fully saturated rings. The van der Waals surface area contributed by atoms with E-state index in [1.54, 1.807) is 0 Å². The van der Waals surface area contributed by atoms with E-state index in [-0.39, 0.29) is 0 Å². The van der Waals surface area contributed by atoms with E-state index >= 15 is 0 Å². The summed E-state index contributed by atoms with van der Waals surface area (Å²) in [4.78, 5) is 15.6. The van der Waals surface area contributed by atoms with Gasteiger partial charge in [-0.25, -0.2) is 15.0 Å². The second-order valence-electron chi connectivity index (χ2n) is 10.8. The van der Waals surface area contributed by atoms with E-state index in [0.717, 1.165) is 49.7 Å². The van der Waals surface area contributed by atoms with Gasteiger partial charge >= 0.3 is 0 Å². The molecule has 200 valence electrons. The molecule has 0 aliphatic rings. The number of benzene rings is 6. The molecule has 9 aromatic rings. The van der Waals surface area contributed by atoms with Gasteiger partial charge in [0.25, 0.3) is 0 Å². The van der Waals surface area contributed by atoms with Gasteiger partial charge in [-0.15, -0.1) is 11.3 Å². The van der Waals surface area contributed by atoms with Crippen molar-refractivity contribution in [1.82, 2.24) is 15.0 Å². The number of nitrogens with zero attached hydrogens (tertiary/aromatic N) is 3. The molecule has 6 aromatic carbocycles. The molecular formula is C39H23N3S. The van der Waals surface area contributed by atoms with Gasteiger partial charge in [0.15, 0.2) is 5.82 Å². The first kappa shape index (κ1) is 24.2. The van der Waals surface area contributed by atoms with Crippen LogP contribution < -0.4 is 0 Å². The summed E-state index contributed by atoms with van der Waals surface area (Å²) in [5.74, 6) is 0.634. The van der Waals surface area contributed by atoms with Crippen LogP contribution in [-0.2, 0) is 0 Å². The summed E-state index contributed by atoms with van der Waals surface area (Å²) in [6.07, 6.45) is 0. The smallest absolute Gasteiger partial charge is 0.179 e. The van der Waals surface area contributed by atoms with Crippen LogP contribution in [0, 0.1) is 0 Å².